The summed E-state index contributed by atoms with van der Waals surface area (Å²) < 4.78 is 27.0. The van der Waals surface area contributed by atoms with E-state index in [-0.39, 0.29) is 10.6 Å². The zero-order chi connectivity index (χ0) is 14.0. The Hall–Kier alpha value is -2.19. The van der Waals surface area contributed by atoms with E-state index in [1.54, 1.807) is 6.92 Å². The number of aryl methyl sites for hydroxylation is 1. The van der Waals surface area contributed by atoms with Gasteiger partial charge in [0.2, 0.25) is 10.0 Å². The van der Waals surface area contributed by atoms with Crippen LogP contribution in [-0.4, -0.2) is 19.5 Å². The van der Waals surface area contributed by atoms with Gasteiger partial charge < -0.3 is 9.84 Å². The Morgan fingerprint density at radius 1 is 1.37 bits per heavy atom. The zero-order valence-corrected chi connectivity index (χ0v) is 10.8. The summed E-state index contributed by atoms with van der Waals surface area (Å²) in [6, 6.07) is 5.71. The second-order valence-electron chi connectivity index (χ2n) is 3.86. The summed E-state index contributed by atoms with van der Waals surface area (Å²) in [5.74, 6) is -0.448. The van der Waals surface area contributed by atoms with Gasteiger partial charge in [0.05, 0.1) is 4.90 Å². The van der Waals surface area contributed by atoms with E-state index < -0.39 is 15.9 Å². The molecule has 0 atom stereocenters. The highest BCUT2D eigenvalue weighted by Crippen LogP contribution is 2.18. The lowest BCUT2D eigenvalue weighted by molar-refractivity contribution is 0.101. The van der Waals surface area contributed by atoms with Crippen LogP contribution < -0.4 is 10.5 Å². The van der Waals surface area contributed by atoms with E-state index in [4.69, 9.17) is 5.14 Å². The number of carbonyl (C=O) groups is 1. The Labute approximate surface area is 109 Å². The zero-order valence-electron chi connectivity index (χ0n) is 9.95. The monoisotopic (exact) mass is 281 g/mol. The van der Waals surface area contributed by atoms with Crippen LogP contribution in [0.5, 0.6) is 0 Å². The van der Waals surface area contributed by atoms with Crippen molar-refractivity contribution in [3.8, 4) is 0 Å². The standard InChI is InChI=1S/C11H11N3O4S/c1-7-6-8(2-3-10(7)19(12,16)17)13-11(15)9-4-5-18-14-9/h2-6H,1H3,(H,13,15)(H2,12,16,17). The second-order valence-corrected chi connectivity index (χ2v) is 5.39. The van der Waals surface area contributed by atoms with E-state index in [1.165, 1.54) is 30.5 Å². The molecule has 8 heteroatoms. The van der Waals surface area contributed by atoms with Gasteiger partial charge in [-0.05, 0) is 30.7 Å². The largest absolute Gasteiger partial charge is 0.364 e. The van der Waals surface area contributed by atoms with Gasteiger partial charge in [0.25, 0.3) is 5.91 Å². The van der Waals surface area contributed by atoms with Gasteiger partial charge in [0.1, 0.15) is 6.26 Å². The molecule has 0 saturated heterocycles. The molecule has 1 amide bonds. The molecule has 19 heavy (non-hydrogen) atoms. The third kappa shape index (κ3) is 2.98. The lowest BCUT2D eigenvalue weighted by Gasteiger charge is -2.07. The Bertz CT molecular complexity index is 708. The van der Waals surface area contributed by atoms with Crippen LogP contribution in [0.1, 0.15) is 16.1 Å². The minimum Gasteiger partial charge on any atom is -0.364 e. The van der Waals surface area contributed by atoms with Gasteiger partial charge in [-0.1, -0.05) is 5.16 Å². The Morgan fingerprint density at radius 3 is 2.63 bits per heavy atom. The number of anilines is 1. The average Bonchev–Trinajstić information content (AvgIpc) is 2.80. The maximum absolute atomic E-state index is 11.7. The molecule has 1 heterocycles. The molecule has 2 rings (SSSR count). The molecule has 0 radical (unpaired) electrons. The topological polar surface area (TPSA) is 115 Å². The van der Waals surface area contributed by atoms with Crippen LogP contribution in [0.3, 0.4) is 0 Å². The summed E-state index contributed by atoms with van der Waals surface area (Å²) in [5.41, 5.74) is 1.02. The normalized spacial score (nSPS) is 11.3. The van der Waals surface area contributed by atoms with Crippen molar-refractivity contribution in [3.05, 3.63) is 41.8 Å². The molecule has 0 aliphatic rings. The number of rotatable bonds is 3. The third-order valence-electron chi connectivity index (χ3n) is 2.41. The molecule has 2 aromatic rings. The number of nitrogens with one attached hydrogen (secondary N) is 1. The second kappa shape index (κ2) is 4.82. The molecule has 1 aromatic carbocycles. The fourth-order valence-corrected chi connectivity index (χ4v) is 2.34. The predicted molar refractivity (Wildman–Crippen MR) is 67.0 cm³/mol. The van der Waals surface area contributed by atoms with Crippen molar-refractivity contribution in [3.63, 3.8) is 0 Å². The first-order chi connectivity index (χ1) is 8.88. The van der Waals surface area contributed by atoms with Crippen LogP contribution in [0.15, 0.2) is 39.9 Å². The van der Waals surface area contributed by atoms with Crippen molar-refractivity contribution in [2.45, 2.75) is 11.8 Å². The molecule has 1 aromatic heterocycles. The fourth-order valence-electron chi connectivity index (χ4n) is 1.57. The smallest absolute Gasteiger partial charge is 0.277 e. The van der Waals surface area contributed by atoms with E-state index >= 15 is 0 Å². The number of nitrogens with two attached hydrogens (primary N) is 1. The van der Waals surface area contributed by atoms with Crippen LogP contribution in [0, 0.1) is 6.92 Å². The first-order valence-electron chi connectivity index (χ1n) is 5.23. The minimum absolute atomic E-state index is 0.0203. The summed E-state index contributed by atoms with van der Waals surface area (Å²) in [4.78, 5) is 11.7. The number of sulfonamides is 1. The van der Waals surface area contributed by atoms with Gasteiger partial charge in [-0.2, -0.15) is 0 Å². The van der Waals surface area contributed by atoms with E-state index in [0.29, 0.717) is 11.3 Å². The van der Waals surface area contributed by atoms with Crippen molar-refractivity contribution >= 4 is 21.6 Å². The quantitative estimate of drug-likeness (QED) is 0.866. The fraction of sp³-hybridized carbons (Fsp3) is 0.0909. The molecule has 0 saturated carbocycles. The average molecular weight is 281 g/mol. The number of hydrogen-bond acceptors (Lipinski definition) is 5. The minimum atomic E-state index is -3.76. The molecule has 0 aliphatic heterocycles. The van der Waals surface area contributed by atoms with Gasteiger partial charge in [0.15, 0.2) is 5.69 Å². The Balaban J connectivity index is 2.24. The van der Waals surface area contributed by atoms with Gasteiger partial charge >= 0.3 is 0 Å². The molecule has 7 nitrogen and oxygen atoms in total. The van der Waals surface area contributed by atoms with E-state index in [2.05, 4.69) is 15.0 Å². The van der Waals surface area contributed by atoms with E-state index in [1.807, 2.05) is 0 Å². The van der Waals surface area contributed by atoms with Crippen molar-refractivity contribution in [1.82, 2.24) is 5.16 Å². The number of aromatic nitrogens is 1. The van der Waals surface area contributed by atoms with Crippen LogP contribution in [0.2, 0.25) is 0 Å². The Morgan fingerprint density at radius 2 is 2.11 bits per heavy atom. The van der Waals surface area contributed by atoms with Gasteiger partial charge in [0, 0.05) is 11.8 Å². The molecule has 3 N–H and O–H groups in total. The van der Waals surface area contributed by atoms with Crippen LogP contribution in [0.25, 0.3) is 0 Å². The van der Waals surface area contributed by atoms with Gasteiger partial charge in [-0.25, -0.2) is 13.6 Å². The number of nitrogens with zero attached hydrogens (tertiary/aromatic N) is 1. The molecule has 0 spiro atoms. The first kappa shape index (κ1) is 13.2. The van der Waals surface area contributed by atoms with Crippen molar-refractivity contribution in [1.29, 1.82) is 0 Å². The van der Waals surface area contributed by atoms with Gasteiger partial charge in [-0.15, -0.1) is 0 Å². The maximum atomic E-state index is 11.7. The molecule has 0 bridgehead atoms. The predicted octanol–water partition coefficient (Wildman–Crippen LogP) is 0.883. The first-order valence-corrected chi connectivity index (χ1v) is 6.78. The van der Waals surface area contributed by atoms with Crippen molar-refractivity contribution < 1.29 is 17.7 Å². The summed E-state index contributed by atoms with van der Waals surface area (Å²) in [6.45, 7) is 1.59. The summed E-state index contributed by atoms with van der Waals surface area (Å²) in [5, 5.41) is 11.1. The van der Waals surface area contributed by atoms with Crippen LogP contribution in [-0.2, 0) is 10.0 Å². The lowest BCUT2D eigenvalue weighted by Crippen LogP contribution is -2.15. The number of amides is 1. The molecular weight excluding hydrogens is 270 g/mol. The third-order valence-corrected chi connectivity index (χ3v) is 3.48. The van der Waals surface area contributed by atoms with Gasteiger partial charge in [-0.3, -0.25) is 4.79 Å². The molecular formula is C11H11N3O4S. The van der Waals surface area contributed by atoms with Crippen molar-refractivity contribution in [2.75, 3.05) is 5.32 Å². The van der Waals surface area contributed by atoms with Crippen LogP contribution >= 0.6 is 0 Å². The number of primary sulfonamides is 1. The number of hydrogen-bond donors (Lipinski definition) is 2. The highest BCUT2D eigenvalue weighted by atomic mass is 32.2. The van der Waals surface area contributed by atoms with E-state index in [9.17, 15) is 13.2 Å². The molecule has 0 fully saturated rings. The highest BCUT2D eigenvalue weighted by molar-refractivity contribution is 7.89. The lowest BCUT2D eigenvalue weighted by atomic mass is 10.2. The molecule has 0 unspecified atom stereocenters. The number of carbonyl (C=O) groups excluding carboxylic acids is 1. The van der Waals surface area contributed by atoms with Crippen molar-refractivity contribution in [2.24, 2.45) is 5.14 Å². The summed E-state index contributed by atoms with van der Waals surface area (Å²) >= 11 is 0. The van der Waals surface area contributed by atoms with E-state index in [0.717, 1.165) is 0 Å². The van der Waals surface area contributed by atoms with Crippen LogP contribution in [0.4, 0.5) is 5.69 Å². The number of benzene rings is 1. The maximum Gasteiger partial charge on any atom is 0.277 e. The SMILES string of the molecule is Cc1cc(NC(=O)c2ccon2)ccc1S(N)(=O)=O. The molecule has 0 aliphatic carbocycles. The highest BCUT2D eigenvalue weighted by Gasteiger charge is 2.13. The summed E-state index contributed by atoms with van der Waals surface area (Å²) in [7, 11) is -3.76. The molecule has 100 valence electrons. The summed E-state index contributed by atoms with van der Waals surface area (Å²) in [6.07, 6.45) is 1.28. The Kier molecular flexibility index (Phi) is 3.36.